The van der Waals surface area contributed by atoms with E-state index in [4.69, 9.17) is 14.6 Å². The predicted octanol–water partition coefficient (Wildman–Crippen LogP) is 2.40. The van der Waals surface area contributed by atoms with Crippen molar-refractivity contribution in [3.8, 4) is 0 Å². The second-order valence-electron chi connectivity index (χ2n) is 7.09. The second-order valence-corrected chi connectivity index (χ2v) is 7.09. The summed E-state index contributed by atoms with van der Waals surface area (Å²) in [5.41, 5.74) is -1.52. The molecule has 0 amide bonds. The number of aliphatic carboxylic acids is 1. The van der Waals surface area contributed by atoms with Crippen LogP contribution in [0, 0.1) is 11.8 Å². The van der Waals surface area contributed by atoms with Crippen molar-refractivity contribution in [3.05, 3.63) is 0 Å². The van der Waals surface area contributed by atoms with Crippen LogP contribution >= 0.6 is 0 Å². The van der Waals surface area contributed by atoms with E-state index in [1.807, 2.05) is 0 Å². The van der Waals surface area contributed by atoms with Crippen LogP contribution in [0.3, 0.4) is 0 Å². The number of rotatable bonds is 5. The summed E-state index contributed by atoms with van der Waals surface area (Å²) in [7, 11) is 0. The number of carbonyl (C=O) groups excluding carboxylic acids is 2. The first-order valence-corrected chi connectivity index (χ1v) is 6.91. The van der Waals surface area contributed by atoms with E-state index in [0.717, 1.165) is 0 Å². The van der Waals surface area contributed by atoms with Crippen LogP contribution in [-0.2, 0) is 23.9 Å². The van der Waals surface area contributed by atoms with Gasteiger partial charge in [0.05, 0.1) is 5.92 Å². The molecule has 122 valence electrons. The molecule has 0 unspecified atom stereocenters. The standard InChI is InChI=1S/C15H26O6/c1-9(11(16)17)8-10(12(18)20-14(2,3)4)13(19)21-15(5,6)7/h9-10H,8H2,1-7H3,(H,16,17)/t9-/m1/s1. The van der Waals surface area contributed by atoms with Gasteiger partial charge >= 0.3 is 17.9 Å². The third kappa shape index (κ3) is 8.32. The number of hydrogen-bond donors (Lipinski definition) is 1. The van der Waals surface area contributed by atoms with Crippen LogP contribution in [0.2, 0.25) is 0 Å². The fourth-order valence-electron chi connectivity index (χ4n) is 1.49. The Morgan fingerprint density at radius 1 is 0.905 bits per heavy atom. The van der Waals surface area contributed by atoms with Gasteiger partial charge in [-0.15, -0.1) is 0 Å². The first kappa shape index (κ1) is 19.4. The maximum atomic E-state index is 12.1. The number of hydrogen-bond acceptors (Lipinski definition) is 5. The molecule has 0 bridgehead atoms. The molecule has 0 fully saturated rings. The summed E-state index contributed by atoms with van der Waals surface area (Å²) in [5.74, 6) is -4.69. The second kappa shape index (κ2) is 6.91. The van der Waals surface area contributed by atoms with Crippen LogP contribution in [0.5, 0.6) is 0 Å². The molecule has 0 spiro atoms. The van der Waals surface area contributed by atoms with Gasteiger partial charge in [-0.25, -0.2) is 0 Å². The Balaban J connectivity index is 5.13. The Hall–Kier alpha value is -1.59. The van der Waals surface area contributed by atoms with Crippen LogP contribution in [0.25, 0.3) is 0 Å². The molecule has 0 radical (unpaired) electrons. The van der Waals surface area contributed by atoms with E-state index in [1.54, 1.807) is 41.5 Å². The Morgan fingerprint density at radius 2 is 1.24 bits per heavy atom. The van der Waals surface area contributed by atoms with Crippen molar-refractivity contribution in [3.63, 3.8) is 0 Å². The number of esters is 2. The van der Waals surface area contributed by atoms with E-state index in [1.165, 1.54) is 6.92 Å². The van der Waals surface area contributed by atoms with Crippen molar-refractivity contribution in [2.75, 3.05) is 0 Å². The normalized spacial score (nSPS) is 13.7. The quantitative estimate of drug-likeness (QED) is 0.619. The van der Waals surface area contributed by atoms with E-state index in [2.05, 4.69) is 0 Å². The zero-order valence-corrected chi connectivity index (χ0v) is 13.9. The molecule has 0 aliphatic heterocycles. The van der Waals surface area contributed by atoms with E-state index in [9.17, 15) is 14.4 Å². The van der Waals surface area contributed by atoms with Gasteiger partial charge in [0.25, 0.3) is 0 Å². The van der Waals surface area contributed by atoms with Gasteiger partial charge in [-0.3, -0.25) is 14.4 Å². The molecule has 6 nitrogen and oxygen atoms in total. The molecule has 0 aliphatic rings. The number of carbonyl (C=O) groups is 3. The van der Waals surface area contributed by atoms with Crippen molar-refractivity contribution >= 4 is 17.9 Å². The summed E-state index contributed by atoms with van der Waals surface area (Å²) in [6.45, 7) is 11.5. The third-order valence-corrected chi connectivity index (χ3v) is 2.39. The largest absolute Gasteiger partial charge is 0.481 e. The zero-order valence-electron chi connectivity index (χ0n) is 13.9. The maximum Gasteiger partial charge on any atom is 0.320 e. The molecule has 0 aromatic rings. The van der Waals surface area contributed by atoms with Crippen molar-refractivity contribution in [1.82, 2.24) is 0 Å². The smallest absolute Gasteiger partial charge is 0.320 e. The lowest BCUT2D eigenvalue weighted by Crippen LogP contribution is -2.38. The molecular weight excluding hydrogens is 276 g/mol. The van der Waals surface area contributed by atoms with Crippen molar-refractivity contribution < 1.29 is 29.0 Å². The lowest BCUT2D eigenvalue weighted by Gasteiger charge is -2.26. The fourth-order valence-corrected chi connectivity index (χ4v) is 1.49. The minimum absolute atomic E-state index is 0.154. The molecule has 6 heteroatoms. The molecule has 0 rings (SSSR count). The predicted molar refractivity (Wildman–Crippen MR) is 76.6 cm³/mol. The molecule has 0 aromatic heterocycles. The van der Waals surface area contributed by atoms with Gasteiger partial charge in [0, 0.05) is 0 Å². The Bertz CT molecular complexity index is 371. The summed E-state index contributed by atoms with van der Waals surface area (Å²) in [5, 5.41) is 8.96. The monoisotopic (exact) mass is 302 g/mol. The van der Waals surface area contributed by atoms with Crippen molar-refractivity contribution in [2.45, 2.75) is 66.1 Å². The van der Waals surface area contributed by atoms with E-state index < -0.39 is 40.9 Å². The van der Waals surface area contributed by atoms with Gasteiger partial charge in [-0.1, -0.05) is 6.92 Å². The minimum Gasteiger partial charge on any atom is -0.481 e. The zero-order chi connectivity index (χ0) is 17.0. The van der Waals surface area contributed by atoms with Crippen molar-refractivity contribution in [2.24, 2.45) is 11.8 Å². The van der Waals surface area contributed by atoms with Crippen LogP contribution in [0.1, 0.15) is 54.9 Å². The molecular formula is C15H26O6. The van der Waals surface area contributed by atoms with Crippen molar-refractivity contribution in [1.29, 1.82) is 0 Å². The number of carboxylic acid groups (broad SMARTS) is 1. The molecule has 21 heavy (non-hydrogen) atoms. The van der Waals surface area contributed by atoms with E-state index >= 15 is 0 Å². The van der Waals surface area contributed by atoms with Gasteiger partial charge in [-0.2, -0.15) is 0 Å². The Kier molecular flexibility index (Phi) is 6.39. The van der Waals surface area contributed by atoms with Gasteiger partial charge in [0.2, 0.25) is 0 Å². The highest BCUT2D eigenvalue weighted by Gasteiger charge is 2.37. The molecule has 0 heterocycles. The Labute approximate surface area is 125 Å². The average Bonchev–Trinajstić information content (AvgIpc) is 2.19. The SMILES string of the molecule is C[C@H](CC(C(=O)OC(C)(C)C)C(=O)OC(C)(C)C)C(=O)O. The molecule has 1 atom stereocenters. The maximum absolute atomic E-state index is 12.1. The lowest BCUT2D eigenvalue weighted by molar-refractivity contribution is -0.175. The molecule has 0 saturated carbocycles. The summed E-state index contributed by atoms with van der Waals surface area (Å²) in [6, 6.07) is 0. The molecule has 0 saturated heterocycles. The van der Waals surface area contributed by atoms with Gasteiger partial charge < -0.3 is 14.6 Å². The first-order chi connectivity index (χ1) is 9.23. The van der Waals surface area contributed by atoms with Crippen LogP contribution in [0.15, 0.2) is 0 Å². The van der Waals surface area contributed by atoms with Gasteiger partial charge in [0.15, 0.2) is 5.92 Å². The summed E-state index contributed by atoms with van der Waals surface area (Å²) < 4.78 is 10.4. The highest BCUT2D eigenvalue weighted by atomic mass is 16.6. The van der Waals surface area contributed by atoms with Gasteiger partial charge in [-0.05, 0) is 48.0 Å². The number of ether oxygens (including phenoxy) is 2. The van der Waals surface area contributed by atoms with Crippen LogP contribution < -0.4 is 0 Å². The minimum atomic E-state index is -1.24. The topological polar surface area (TPSA) is 89.9 Å². The van der Waals surface area contributed by atoms with E-state index in [0.29, 0.717) is 0 Å². The first-order valence-electron chi connectivity index (χ1n) is 6.91. The van der Waals surface area contributed by atoms with E-state index in [-0.39, 0.29) is 6.42 Å². The molecule has 0 aliphatic carbocycles. The summed E-state index contributed by atoms with van der Waals surface area (Å²) in [4.78, 5) is 35.2. The number of carboxylic acids is 1. The van der Waals surface area contributed by atoms with Gasteiger partial charge in [0.1, 0.15) is 11.2 Å². The molecule has 1 N–H and O–H groups in total. The summed E-state index contributed by atoms with van der Waals surface area (Å²) in [6.07, 6.45) is -0.154. The average molecular weight is 302 g/mol. The fraction of sp³-hybridized carbons (Fsp3) is 0.800. The van der Waals surface area contributed by atoms with Crippen LogP contribution in [0.4, 0.5) is 0 Å². The lowest BCUT2D eigenvalue weighted by atomic mass is 9.95. The highest BCUT2D eigenvalue weighted by Crippen LogP contribution is 2.22. The highest BCUT2D eigenvalue weighted by molar-refractivity contribution is 5.95. The molecule has 0 aromatic carbocycles. The Morgan fingerprint density at radius 3 is 1.48 bits per heavy atom. The summed E-state index contributed by atoms with van der Waals surface area (Å²) >= 11 is 0. The van der Waals surface area contributed by atoms with Crippen LogP contribution in [-0.4, -0.2) is 34.2 Å². The third-order valence-electron chi connectivity index (χ3n) is 2.39.